The van der Waals surface area contributed by atoms with Crippen LogP contribution in [-0.2, 0) is 25.4 Å². The van der Waals surface area contributed by atoms with Crippen LogP contribution in [0.15, 0.2) is 34.9 Å². The Morgan fingerprint density at radius 2 is 1.89 bits per heavy atom. The molecule has 10 heteroatoms. The van der Waals surface area contributed by atoms with Crippen LogP contribution in [0.1, 0.15) is 70.1 Å². The maximum Gasteiger partial charge on any atom is 0.415 e. The second-order valence-electron chi connectivity index (χ2n) is 10.6. The fourth-order valence-electron chi connectivity index (χ4n) is 3.76. The molecule has 8 nitrogen and oxygen atoms in total. The number of anilines is 1. The largest absolute Gasteiger partial charge is 0.458 e. The molecule has 0 spiro atoms. The quantitative estimate of drug-likeness (QED) is 0.369. The molecule has 0 N–H and O–H groups in total. The van der Waals surface area contributed by atoms with Gasteiger partial charge in [0, 0.05) is 17.1 Å². The zero-order chi connectivity index (χ0) is 27.5. The highest BCUT2D eigenvalue weighted by Gasteiger charge is 2.38. The Morgan fingerprint density at radius 1 is 1.24 bits per heavy atom. The fourth-order valence-corrected chi connectivity index (χ4v) is 4.40. The summed E-state index contributed by atoms with van der Waals surface area (Å²) in [6.45, 7) is 12.6. The van der Waals surface area contributed by atoms with Crippen molar-refractivity contribution in [3.05, 3.63) is 57.6 Å². The molecule has 202 valence electrons. The van der Waals surface area contributed by atoms with Gasteiger partial charge in [0.15, 0.2) is 11.5 Å². The summed E-state index contributed by atoms with van der Waals surface area (Å²) >= 11 is 3.62. The van der Waals surface area contributed by atoms with E-state index >= 15 is 0 Å². The molecule has 37 heavy (non-hydrogen) atoms. The lowest BCUT2D eigenvalue weighted by Gasteiger charge is -2.31. The van der Waals surface area contributed by atoms with E-state index in [4.69, 9.17) is 18.9 Å². The topological polar surface area (TPSA) is 87.2 Å². The predicted octanol–water partition coefficient (Wildman–Crippen LogP) is 6.03. The molecule has 1 aliphatic rings. The van der Waals surface area contributed by atoms with E-state index in [2.05, 4.69) is 20.9 Å². The third-order valence-corrected chi connectivity index (χ3v) is 6.13. The Hall–Kier alpha value is -2.56. The van der Waals surface area contributed by atoms with Crippen molar-refractivity contribution in [2.24, 2.45) is 0 Å². The second-order valence-corrected chi connectivity index (χ2v) is 11.4. The van der Waals surface area contributed by atoms with Crippen LogP contribution in [0.3, 0.4) is 0 Å². The van der Waals surface area contributed by atoms with E-state index in [1.165, 1.54) is 17.0 Å². The number of pyridine rings is 1. The van der Waals surface area contributed by atoms with Gasteiger partial charge in [-0.25, -0.2) is 19.0 Å². The Morgan fingerprint density at radius 3 is 2.43 bits per heavy atom. The van der Waals surface area contributed by atoms with Gasteiger partial charge in [0.05, 0.1) is 24.9 Å². The lowest BCUT2D eigenvalue weighted by molar-refractivity contribution is -0.137. The van der Waals surface area contributed by atoms with E-state index in [0.29, 0.717) is 16.5 Å². The molecule has 1 amide bonds. The van der Waals surface area contributed by atoms with E-state index < -0.39 is 35.7 Å². The lowest BCUT2D eigenvalue weighted by atomic mass is 10.0. The standard InChI is InChI=1S/C27H34BrFN2O6/c1-16(2)35-24(32)22-23(21(28)18(13-30-22)12-17-8-10-19(29)11-9-17)31(25(33)37-26(3,4)5)14-20-15-34-27(6,7)36-20/h8-11,13,16,20H,12,14-15H2,1-7H3/t20-/m0/s1. The number of aromatic nitrogens is 1. The summed E-state index contributed by atoms with van der Waals surface area (Å²) in [6, 6.07) is 6.08. The number of ether oxygens (including phenoxy) is 4. The van der Waals surface area contributed by atoms with Crippen LogP contribution < -0.4 is 4.90 Å². The number of carbonyl (C=O) groups excluding carboxylic acids is 2. The monoisotopic (exact) mass is 580 g/mol. The van der Waals surface area contributed by atoms with Crippen molar-refractivity contribution >= 4 is 33.7 Å². The van der Waals surface area contributed by atoms with E-state index in [0.717, 1.165) is 5.56 Å². The van der Waals surface area contributed by atoms with Gasteiger partial charge < -0.3 is 18.9 Å². The predicted molar refractivity (Wildman–Crippen MR) is 140 cm³/mol. The van der Waals surface area contributed by atoms with Gasteiger partial charge in [-0.2, -0.15) is 0 Å². The molecule has 2 heterocycles. The molecule has 0 saturated carbocycles. The molecular weight excluding hydrogens is 547 g/mol. The number of hydrogen-bond acceptors (Lipinski definition) is 7. The van der Waals surface area contributed by atoms with Gasteiger partial charge >= 0.3 is 12.1 Å². The highest BCUT2D eigenvalue weighted by molar-refractivity contribution is 9.10. The first-order valence-electron chi connectivity index (χ1n) is 12.1. The van der Waals surface area contributed by atoms with E-state index in [-0.39, 0.29) is 30.4 Å². The van der Waals surface area contributed by atoms with Crippen LogP contribution >= 0.6 is 15.9 Å². The normalized spacial score (nSPS) is 17.1. The molecule has 1 saturated heterocycles. The Labute approximate surface area is 225 Å². The van der Waals surface area contributed by atoms with Crippen molar-refractivity contribution in [3.63, 3.8) is 0 Å². The van der Waals surface area contributed by atoms with Crippen molar-refractivity contribution in [1.82, 2.24) is 4.98 Å². The first-order valence-corrected chi connectivity index (χ1v) is 12.9. The van der Waals surface area contributed by atoms with Crippen molar-refractivity contribution < 1.29 is 32.9 Å². The number of amides is 1. The van der Waals surface area contributed by atoms with E-state index in [9.17, 15) is 14.0 Å². The lowest BCUT2D eigenvalue weighted by Crippen LogP contribution is -2.43. The van der Waals surface area contributed by atoms with Crippen LogP contribution in [0.25, 0.3) is 0 Å². The van der Waals surface area contributed by atoms with Gasteiger partial charge in [-0.3, -0.25) is 4.90 Å². The first-order chi connectivity index (χ1) is 17.1. The molecular formula is C27H34BrFN2O6. The summed E-state index contributed by atoms with van der Waals surface area (Å²) in [6.07, 6.45) is 0.352. The third-order valence-electron chi connectivity index (χ3n) is 5.24. The van der Waals surface area contributed by atoms with E-state index in [1.54, 1.807) is 66.8 Å². The minimum Gasteiger partial charge on any atom is -0.458 e. The number of benzene rings is 1. The van der Waals surface area contributed by atoms with Crippen LogP contribution in [0, 0.1) is 5.82 Å². The Kier molecular flexibility index (Phi) is 8.97. The zero-order valence-electron chi connectivity index (χ0n) is 22.3. The molecule has 1 aromatic carbocycles. The number of rotatable bonds is 7. The van der Waals surface area contributed by atoms with Crippen molar-refractivity contribution in [1.29, 1.82) is 0 Å². The molecule has 1 aliphatic heterocycles. The zero-order valence-corrected chi connectivity index (χ0v) is 23.8. The SMILES string of the molecule is CC(C)OC(=O)c1ncc(Cc2ccc(F)cc2)c(Br)c1N(C[C@H]1COC(C)(C)O1)C(=O)OC(C)(C)C. The molecule has 1 aromatic heterocycles. The van der Waals surface area contributed by atoms with Gasteiger partial charge in [-0.1, -0.05) is 12.1 Å². The summed E-state index contributed by atoms with van der Waals surface area (Å²) in [5.74, 6) is -1.84. The molecule has 1 fully saturated rings. The van der Waals surface area contributed by atoms with Gasteiger partial charge in [0.1, 0.15) is 17.5 Å². The maximum atomic E-state index is 13.5. The minimum atomic E-state index is -0.816. The highest BCUT2D eigenvalue weighted by Crippen LogP contribution is 2.36. The maximum absolute atomic E-state index is 13.5. The van der Waals surface area contributed by atoms with Gasteiger partial charge in [0.2, 0.25) is 0 Å². The van der Waals surface area contributed by atoms with Gasteiger partial charge in [0.25, 0.3) is 0 Å². The minimum absolute atomic E-state index is 0.0422. The van der Waals surface area contributed by atoms with Crippen molar-refractivity contribution in [2.45, 2.75) is 78.5 Å². The smallest absolute Gasteiger partial charge is 0.415 e. The summed E-state index contributed by atoms with van der Waals surface area (Å²) in [5, 5.41) is 0. The van der Waals surface area contributed by atoms with Crippen LogP contribution in [0.4, 0.5) is 14.9 Å². The second kappa shape index (κ2) is 11.4. The number of esters is 1. The summed E-state index contributed by atoms with van der Waals surface area (Å²) in [7, 11) is 0. The van der Waals surface area contributed by atoms with Crippen LogP contribution in [-0.4, -0.2) is 53.8 Å². The molecule has 0 aliphatic carbocycles. The number of halogens is 2. The third kappa shape index (κ3) is 7.96. The molecule has 0 unspecified atom stereocenters. The Balaban J connectivity index is 2.11. The average molecular weight is 581 g/mol. The molecule has 0 radical (unpaired) electrons. The summed E-state index contributed by atoms with van der Waals surface area (Å²) in [5.41, 5.74) is 0.859. The number of carbonyl (C=O) groups is 2. The number of hydrogen-bond donors (Lipinski definition) is 0. The molecule has 0 bridgehead atoms. The van der Waals surface area contributed by atoms with Gasteiger partial charge in [-0.15, -0.1) is 0 Å². The molecule has 1 atom stereocenters. The Bertz CT molecular complexity index is 1130. The van der Waals surface area contributed by atoms with Crippen LogP contribution in [0.2, 0.25) is 0 Å². The summed E-state index contributed by atoms with van der Waals surface area (Å²) < 4.78 is 36.7. The van der Waals surface area contributed by atoms with Crippen molar-refractivity contribution in [3.8, 4) is 0 Å². The average Bonchev–Trinajstić information content (AvgIpc) is 3.11. The van der Waals surface area contributed by atoms with Crippen LogP contribution in [0.5, 0.6) is 0 Å². The van der Waals surface area contributed by atoms with Gasteiger partial charge in [-0.05, 0) is 87.7 Å². The number of nitrogens with zero attached hydrogens (tertiary/aromatic N) is 2. The summed E-state index contributed by atoms with van der Waals surface area (Å²) in [4.78, 5) is 32.4. The van der Waals surface area contributed by atoms with Crippen molar-refractivity contribution in [2.75, 3.05) is 18.1 Å². The fraction of sp³-hybridized carbons (Fsp3) is 0.519. The molecule has 3 rings (SSSR count). The highest BCUT2D eigenvalue weighted by atomic mass is 79.9. The first kappa shape index (κ1) is 29.0. The van der Waals surface area contributed by atoms with E-state index in [1.807, 2.05) is 0 Å². The molecule has 2 aromatic rings.